The third-order valence-electron chi connectivity index (χ3n) is 6.33. The maximum atomic E-state index is 12.9. The molecule has 0 amide bonds. The van der Waals surface area contributed by atoms with Crippen LogP contribution in [-0.2, 0) is 14.8 Å². The zero-order valence-corrected chi connectivity index (χ0v) is 20.8. The molecule has 0 radical (unpaired) electrons. The highest BCUT2D eigenvalue weighted by Gasteiger charge is 2.33. The Kier molecular flexibility index (Phi) is 6.22. The lowest BCUT2D eigenvalue weighted by molar-refractivity contribution is 0.0234. The molecule has 2 saturated heterocycles. The molecule has 0 saturated carbocycles. The van der Waals surface area contributed by atoms with Crippen LogP contribution in [0.2, 0.25) is 0 Å². The summed E-state index contributed by atoms with van der Waals surface area (Å²) in [5.41, 5.74) is 1.17. The van der Waals surface area contributed by atoms with Gasteiger partial charge >= 0.3 is 5.97 Å². The van der Waals surface area contributed by atoms with Crippen molar-refractivity contribution in [2.24, 2.45) is 5.92 Å². The fourth-order valence-corrected chi connectivity index (χ4v) is 6.98. The van der Waals surface area contributed by atoms with Gasteiger partial charge in [-0.05, 0) is 55.2 Å². The Morgan fingerprint density at radius 2 is 1.88 bits per heavy atom. The number of carbonyl (C=O) groups is 1. The molecule has 0 aliphatic carbocycles. The van der Waals surface area contributed by atoms with Crippen molar-refractivity contribution in [2.45, 2.75) is 30.8 Å². The Hall–Kier alpha value is -2.69. The number of methoxy groups -OCH3 is 1. The summed E-state index contributed by atoms with van der Waals surface area (Å²) in [5.74, 6) is 0.638. The Labute approximate surface area is 203 Å². The lowest BCUT2D eigenvalue weighted by Gasteiger charge is -2.38. The third kappa shape index (κ3) is 4.37. The highest BCUT2D eigenvalue weighted by Crippen LogP contribution is 2.36. The standard InChI is InChI=1S/C24H27N3O5S2/c1-16-5-4-12-27(13-16)34(29,30)19-10-8-17(9-11-19)23(28)32-18-14-26(15-18)24-25-22-20(31-2)6-3-7-21(22)33-24/h3,6-11,16,18H,4-5,12-15H2,1-2H3. The molecule has 34 heavy (non-hydrogen) atoms. The number of ether oxygens (including phenoxy) is 2. The van der Waals surface area contributed by atoms with E-state index in [9.17, 15) is 13.2 Å². The maximum absolute atomic E-state index is 12.9. The van der Waals surface area contributed by atoms with Crippen LogP contribution in [0.3, 0.4) is 0 Å². The Morgan fingerprint density at radius 3 is 2.59 bits per heavy atom. The fourth-order valence-electron chi connectivity index (χ4n) is 4.38. The smallest absolute Gasteiger partial charge is 0.338 e. The van der Waals surface area contributed by atoms with Crippen LogP contribution in [0.5, 0.6) is 5.75 Å². The van der Waals surface area contributed by atoms with Crippen molar-refractivity contribution in [1.29, 1.82) is 0 Å². The Bertz CT molecular complexity index is 1300. The van der Waals surface area contributed by atoms with E-state index < -0.39 is 16.0 Å². The van der Waals surface area contributed by atoms with Crippen molar-refractivity contribution >= 4 is 42.7 Å². The molecule has 1 unspecified atom stereocenters. The molecule has 0 N–H and O–H groups in total. The highest BCUT2D eigenvalue weighted by molar-refractivity contribution is 7.89. The van der Waals surface area contributed by atoms with Crippen molar-refractivity contribution in [1.82, 2.24) is 9.29 Å². The lowest BCUT2D eigenvalue weighted by atomic mass is 10.0. The number of benzene rings is 2. The predicted octanol–water partition coefficient (Wildman–Crippen LogP) is 3.77. The number of nitrogens with zero attached hydrogens (tertiary/aromatic N) is 3. The highest BCUT2D eigenvalue weighted by atomic mass is 32.2. The van der Waals surface area contributed by atoms with Gasteiger partial charge in [-0.15, -0.1) is 0 Å². The van der Waals surface area contributed by atoms with Crippen LogP contribution < -0.4 is 9.64 Å². The van der Waals surface area contributed by atoms with Crippen molar-refractivity contribution in [2.75, 3.05) is 38.2 Å². The van der Waals surface area contributed by atoms with E-state index >= 15 is 0 Å². The van der Waals surface area contributed by atoms with Crippen LogP contribution in [0.25, 0.3) is 10.2 Å². The average molecular weight is 502 g/mol. The summed E-state index contributed by atoms with van der Waals surface area (Å²) in [4.78, 5) is 19.5. The van der Waals surface area contributed by atoms with Gasteiger partial charge in [-0.25, -0.2) is 18.2 Å². The van der Waals surface area contributed by atoms with Gasteiger partial charge in [0, 0.05) is 13.1 Å². The number of hydrogen-bond acceptors (Lipinski definition) is 8. The second kappa shape index (κ2) is 9.16. The van der Waals surface area contributed by atoms with Crippen LogP contribution in [0, 0.1) is 5.92 Å². The molecule has 8 nitrogen and oxygen atoms in total. The molecule has 0 spiro atoms. The molecule has 10 heteroatoms. The van der Waals surface area contributed by atoms with Gasteiger partial charge < -0.3 is 14.4 Å². The minimum atomic E-state index is -3.55. The molecule has 2 fully saturated rings. The number of para-hydroxylation sites is 1. The van der Waals surface area contributed by atoms with E-state index in [1.165, 1.54) is 28.6 Å². The summed E-state index contributed by atoms with van der Waals surface area (Å²) >= 11 is 1.58. The Morgan fingerprint density at radius 1 is 1.12 bits per heavy atom. The van der Waals surface area contributed by atoms with Gasteiger partial charge in [0.05, 0.1) is 35.4 Å². The largest absolute Gasteiger partial charge is 0.494 e. The van der Waals surface area contributed by atoms with Gasteiger partial charge in [0.25, 0.3) is 0 Å². The fraction of sp³-hybridized carbons (Fsp3) is 0.417. The Balaban J connectivity index is 1.19. The number of rotatable bonds is 6. The number of carbonyl (C=O) groups excluding carboxylic acids is 1. The first-order valence-electron chi connectivity index (χ1n) is 11.3. The minimum Gasteiger partial charge on any atom is -0.494 e. The maximum Gasteiger partial charge on any atom is 0.338 e. The van der Waals surface area contributed by atoms with E-state index in [0.717, 1.165) is 33.9 Å². The monoisotopic (exact) mass is 501 g/mol. The van der Waals surface area contributed by atoms with E-state index in [4.69, 9.17) is 9.47 Å². The summed E-state index contributed by atoms with van der Waals surface area (Å²) in [5, 5.41) is 0.869. The van der Waals surface area contributed by atoms with Gasteiger partial charge in [0.2, 0.25) is 10.0 Å². The zero-order chi connectivity index (χ0) is 23.9. The molecule has 2 aliphatic heterocycles. The van der Waals surface area contributed by atoms with Crippen molar-refractivity contribution in [3.05, 3.63) is 48.0 Å². The SMILES string of the molecule is COc1cccc2sc(N3CC(OC(=O)c4ccc(S(=O)(=O)N5CCCC(C)C5)cc4)C3)nc12. The van der Waals surface area contributed by atoms with Gasteiger partial charge in [-0.1, -0.05) is 24.3 Å². The number of thiazole rings is 1. The summed E-state index contributed by atoms with van der Waals surface area (Å²) in [6, 6.07) is 11.9. The number of anilines is 1. The van der Waals surface area contributed by atoms with Crippen LogP contribution >= 0.6 is 11.3 Å². The number of piperidine rings is 1. The molecule has 3 heterocycles. The predicted molar refractivity (Wildman–Crippen MR) is 131 cm³/mol. The molecule has 180 valence electrons. The van der Waals surface area contributed by atoms with Crippen molar-refractivity contribution < 1.29 is 22.7 Å². The molecule has 0 bridgehead atoms. The van der Waals surface area contributed by atoms with E-state index in [2.05, 4.69) is 16.8 Å². The summed E-state index contributed by atoms with van der Waals surface area (Å²) in [7, 11) is -1.92. The quantitative estimate of drug-likeness (QED) is 0.475. The number of aromatic nitrogens is 1. The minimum absolute atomic E-state index is 0.208. The van der Waals surface area contributed by atoms with Crippen LogP contribution in [0.15, 0.2) is 47.4 Å². The van der Waals surface area contributed by atoms with Crippen LogP contribution in [0.4, 0.5) is 5.13 Å². The number of fused-ring (bicyclic) bond motifs is 1. The first-order valence-corrected chi connectivity index (χ1v) is 13.6. The zero-order valence-electron chi connectivity index (χ0n) is 19.1. The number of esters is 1. The molecule has 1 atom stereocenters. The third-order valence-corrected chi connectivity index (χ3v) is 9.29. The van der Waals surface area contributed by atoms with E-state index in [1.807, 2.05) is 18.2 Å². The lowest BCUT2D eigenvalue weighted by Crippen LogP contribution is -2.53. The molecule has 3 aromatic rings. The molecule has 2 aromatic carbocycles. The van der Waals surface area contributed by atoms with Gasteiger partial charge in [0.1, 0.15) is 17.4 Å². The summed E-state index contributed by atoms with van der Waals surface area (Å²) < 4.78 is 39.4. The first-order chi connectivity index (χ1) is 16.3. The van der Waals surface area contributed by atoms with Crippen LogP contribution in [-0.4, -0.2) is 63.1 Å². The first kappa shape index (κ1) is 23.1. The van der Waals surface area contributed by atoms with Crippen molar-refractivity contribution in [3.8, 4) is 5.75 Å². The second-order valence-electron chi connectivity index (χ2n) is 8.87. The second-order valence-corrected chi connectivity index (χ2v) is 11.8. The number of sulfonamides is 1. The average Bonchev–Trinajstić information content (AvgIpc) is 3.24. The van der Waals surface area contributed by atoms with E-state index in [1.54, 1.807) is 18.4 Å². The molecule has 2 aliphatic rings. The van der Waals surface area contributed by atoms with Gasteiger partial charge in [-0.2, -0.15) is 4.31 Å². The van der Waals surface area contributed by atoms with E-state index in [0.29, 0.717) is 37.7 Å². The molecular formula is C24H27N3O5S2. The normalized spacial score (nSPS) is 19.7. The summed E-state index contributed by atoms with van der Waals surface area (Å²) in [6.45, 7) is 4.26. The van der Waals surface area contributed by atoms with Gasteiger partial charge in [-0.3, -0.25) is 0 Å². The molecule has 5 rings (SSSR count). The van der Waals surface area contributed by atoms with Crippen LogP contribution in [0.1, 0.15) is 30.1 Å². The topological polar surface area (TPSA) is 89.0 Å². The molecule has 1 aromatic heterocycles. The summed E-state index contributed by atoms with van der Waals surface area (Å²) in [6.07, 6.45) is 1.68. The molecular weight excluding hydrogens is 474 g/mol. The van der Waals surface area contributed by atoms with E-state index in [-0.39, 0.29) is 11.0 Å². The van der Waals surface area contributed by atoms with Crippen molar-refractivity contribution in [3.63, 3.8) is 0 Å². The number of hydrogen-bond donors (Lipinski definition) is 0. The van der Waals surface area contributed by atoms with Gasteiger partial charge in [0.15, 0.2) is 5.13 Å².